The monoisotopic (exact) mass is 339 g/mol. The molecule has 1 aromatic rings. The van der Waals surface area contributed by atoms with Crippen LogP contribution in [0.1, 0.15) is 46.2 Å². The van der Waals surface area contributed by atoms with Gasteiger partial charge in [0, 0.05) is 10.6 Å². The van der Waals surface area contributed by atoms with Crippen LogP contribution in [0, 0.1) is 5.92 Å². The van der Waals surface area contributed by atoms with Crippen molar-refractivity contribution in [2.24, 2.45) is 5.92 Å². The van der Waals surface area contributed by atoms with Crippen molar-refractivity contribution in [3.05, 3.63) is 34.9 Å². The Bertz CT molecular complexity index is 536. The van der Waals surface area contributed by atoms with Crippen molar-refractivity contribution in [1.29, 1.82) is 0 Å². The van der Waals surface area contributed by atoms with Crippen molar-refractivity contribution in [3.8, 4) is 0 Å². The third-order valence-corrected chi connectivity index (χ3v) is 3.36. The molecule has 0 aliphatic carbocycles. The minimum Gasteiger partial charge on any atom is -0.350 e. The molecule has 0 aliphatic heterocycles. The first kappa shape index (κ1) is 19.3. The van der Waals surface area contributed by atoms with Crippen LogP contribution in [0.15, 0.2) is 24.3 Å². The van der Waals surface area contributed by atoms with E-state index in [9.17, 15) is 9.59 Å². The standard InChI is InChI=1S/C17H26ClN3O2/c1-11(2)15(12-6-8-13(18)9-7-12)20-16(23)19-10-14(22)21-17(3,4)5/h6-9,11,15H,10H2,1-5H3,(H,21,22)(H2,19,20,23)/t15-/m0/s1. The van der Waals surface area contributed by atoms with Crippen molar-refractivity contribution < 1.29 is 9.59 Å². The third kappa shape index (κ3) is 7.37. The molecule has 6 heteroatoms. The molecule has 0 spiro atoms. The van der Waals surface area contributed by atoms with Crippen LogP contribution in [0.5, 0.6) is 0 Å². The molecule has 0 unspecified atom stereocenters. The van der Waals surface area contributed by atoms with E-state index in [1.54, 1.807) is 12.1 Å². The second-order valence-corrected chi connectivity index (χ2v) is 7.33. The van der Waals surface area contributed by atoms with Crippen LogP contribution in [0.3, 0.4) is 0 Å². The average molecular weight is 340 g/mol. The molecule has 0 fully saturated rings. The number of rotatable bonds is 5. The van der Waals surface area contributed by atoms with Crippen molar-refractivity contribution in [1.82, 2.24) is 16.0 Å². The maximum atomic E-state index is 12.0. The average Bonchev–Trinajstić information content (AvgIpc) is 2.41. The summed E-state index contributed by atoms with van der Waals surface area (Å²) in [5, 5.41) is 8.93. The van der Waals surface area contributed by atoms with Crippen molar-refractivity contribution in [2.75, 3.05) is 6.54 Å². The summed E-state index contributed by atoms with van der Waals surface area (Å²) in [5.41, 5.74) is 0.651. The molecule has 0 bridgehead atoms. The first-order chi connectivity index (χ1) is 10.6. The zero-order valence-corrected chi connectivity index (χ0v) is 15.1. The molecular formula is C17H26ClN3O2. The van der Waals surface area contributed by atoms with Gasteiger partial charge in [-0.1, -0.05) is 37.6 Å². The van der Waals surface area contributed by atoms with E-state index in [2.05, 4.69) is 16.0 Å². The number of nitrogens with one attached hydrogen (secondary N) is 3. The fourth-order valence-corrected chi connectivity index (χ4v) is 2.25. The zero-order chi connectivity index (χ0) is 17.6. The lowest BCUT2D eigenvalue weighted by Crippen LogP contribution is -2.48. The Kier molecular flexibility index (Phi) is 6.88. The predicted molar refractivity (Wildman–Crippen MR) is 93.5 cm³/mol. The highest BCUT2D eigenvalue weighted by Gasteiger charge is 2.19. The summed E-state index contributed by atoms with van der Waals surface area (Å²) in [7, 11) is 0. The molecule has 0 saturated heterocycles. The van der Waals surface area contributed by atoms with E-state index in [1.807, 2.05) is 46.8 Å². The number of hydrogen-bond acceptors (Lipinski definition) is 2. The highest BCUT2D eigenvalue weighted by Crippen LogP contribution is 2.23. The molecule has 1 rings (SSSR count). The zero-order valence-electron chi connectivity index (χ0n) is 14.4. The van der Waals surface area contributed by atoms with Gasteiger partial charge in [-0.3, -0.25) is 4.79 Å². The van der Waals surface area contributed by atoms with Gasteiger partial charge in [0.25, 0.3) is 0 Å². The third-order valence-electron chi connectivity index (χ3n) is 3.11. The van der Waals surface area contributed by atoms with Crippen LogP contribution in [0.25, 0.3) is 0 Å². The van der Waals surface area contributed by atoms with Gasteiger partial charge < -0.3 is 16.0 Å². The molecule has 0 aliphatic rings. The van der Waals surface area contributed by atoms with Gasteiger partial charge in [-0.25, -0.2) is 4.79 Å². The Hall–Kier alpha value is -1.75. The summed E-state index contributed by atoms with van der Waals surface area (Å²) in [5.74, 6) is -0.0226. The number of urea groups is 1. The summed E-state index contributed by atoms with van der Waals surface area (Å²) < 4.78 is 0. The van der Waals surface area contributed by atoms with Crippen molar-refractivity contribution in [3.63, 3.8) is 0 Å². The lowest BCUT2D eigenvalue weighted by atomic mass is 9.96. The minimum atomic E-state index is -0.372. The van der Waals surface area contributed by atoms with Gasteiger partial charge in [-0.05, 0) is 44.4 Å². The molecule has 3 N–H and O–H groups in total. The molecule has 128 valence electrons. The van der Waals surface area contributed by atoms with Crippen LogP contribution >= 0.6 is 11.6 Å². The van der Waals surface area contributed by atoms with Crippen LogP contribution < -0.4 is 16.0 Å². The highest BCUT2D eigenvalue weighted by atomic mass is 35.5. The minimum absolute atomic E-state index is 0.0610. The highest BCUT2D eigenvalue weighted by molar-refractivity contribution is 6.30. The van der Waals surface area contributed by atoms with Gasteiger partial charge in [0.1, 0.15) is 0 Å². The molecule has 0 heterocycles. The topological polar surface area (TPSA) is 70.2 Å². The van der Waals surface area contributed by atoms with Crippen LogP contribution in [-0.2, 0) is 4.79 Å². The molecule has 5 nitrogen and oxygen atoms in total. The number of halogens is 1. The Labute approximate surface area is 143 Å². The molecule has 1 atom stereocenters. The summed E-state index contributed by atoms with van der Waals surface area (Å²) in [6, 6.07) is 6.84. The second-order valence-electron chi connectivity index (χ2n) is 6.90. The van der Waals surface area contributed by atoms with Gasteiger partial charge in [0.15, 0.2) is 0 Å². The summed E-state index contributed by atoms with van der Waals surface area (Å²) in [4.78, 5) is 23.8. The van der Waals surface area contributed by atoms with E-state index in [0.717, 1.165) is 5.56 Å². The van der Waals surface area contributed by atoms with Gasteiger partial charge >= 0.3 is 6.03 Å². The number of amides is 3. The van der Waals surface area contributed by atoms with Crippen molar-refractivity contribution in [2.45, 2.75) is 46.2 Å². The first-order valence-corrected chi connectivity index (χ1v) is 8.07. The molecule has 0 saturated carbocycles. The number of hydrogen-bond donors (Lipinski definition) is 3. The fourth-order valence-electron chi connectivity index (χ4n) is 2.12. The summed E-state index contributed by atoms with van der Waals surface area (Å²) in [6.07, 6.45) is 0. The molecule has 23 heavy (non-hydrogen) atoms. The van der Waals surface area contributed by atoms with Gasteiger partial charge in [-0.15, -0.1) is 0 Å². The smallest absolute Gasteiger partial charge is 0.315 e. The summed E-state index contributed by atoms with van der Waals surface area (Å²) >= 11 is 5.89. The van der Waals surface area contributed by atoms with E-state index in [-0.39, 0.29) is 36.0 Å². The van der Waals surface area contributed by atoms with E-state index in [4.69, 9.17) is 11.6 Å². The van der Waals surface area contributed by atoms with E-state index in [0.29, 0.717) is 5.02 Å². The van der Waals surface area contributed by atoms with Crippen LogP contribution in [-0.4, -0.2) is 24.0 Å². The van der Waals surface area contributed by atoms with Crippen molar-refractivity contribution >= 4 is 23.5 Å². The molecular weight excluding hydrogens is 314 g/mol. The fraction of sp³-hybridized carbons (Fsp3) is 0.529. The maximum absolute atomic E-state index is 12.0. The van der Waals surface area contributed by atoms with E-state index in [1.165, 1.54) is 0 Å². The molecule has 3 amide bonds. The lowest BCUT2D eigenvalue weighted by Gasteiger charge is -2.24. The Morgan fingerprint density at radius 1 is 1.13 bits per heavy atom. The quantitative estimate of drug-likeness (QED) is 0.770. The first-order valence-electron chi connectivity index (χ1n) is 7.69. The van der Waals surface area contributed by atoms with Gasteiger partial charge in [-0.2, -0.15) is 0 Å². The predicted octanol–water partition coefficient (Wildman–Crippen LogP) is 3.25. The maximum Gasteiger partial charge on any atom is 0.315 e. The van der Waals surface area contributed by atoms with Crippen LogP contribution in [0.2, 0.25) is 5.02 Å². The van der Waals surface area contributed by atoms with E-state index < -0.39 is 0 Å². The Morgan fingerprint density at radius 3 is 2.17 bits per heavy atom. The van der Waals surface area contributed by atoms with Gasteiger partial charge in [0.2, 0.25) is 5.91 Å². The molecule has 1 aromatic carbocycles. The van der Waals surface area contributed by atoms with E-state index >= 15 is 0 Å². The largest absolute Gasteiger partial charge is 0.350 e. The number of carbonyl (C=O) groups excluding carboxylic acids is 2. The second kappa shape index (κ2) is 8.20. The normalized spacial score (nSPS) is 12.7. The number of benzene rings is 1. The summed E-state index contributed by atoms with van der Waals surface area (Å²) in [6.45, 7) is 9.65. The Balaban J connectivity index is 2.58. The lowest BCUT2D eigenvalue weighted by molar-refractivity contribution is -0.121. The molecule has 0 aromatic heterocycles. The Morgan fingerprint density at radius 2 is 1.70 bits per heavy atom. The molecule has 0 radical (unpaired) electrons. The van der Waals surface area contributed by atoms with Crippen LogP contribution in [0.4, 0.5) is 4.79 Å². The number of carbonyl (C=O) groups is 2. The van der Waals surface area contributed by atoms with Gasteiger partial charge in [0.05, 0.1) is 12.6 Å². The SMILES string of the molecule is CC(C)[C@H](NC(=O)NCC(=O)NC(C)(C)C)c1ccc(Cl)cc1.